The van der Waals surface area contributed by atoms with Crippen LogP contribution in [0.3, 0.4) is 0 Å². The molecule has 0 aliphatic carbocycles. The third-order valence-electron chi connectivity index (χ3n) is 2.19. The van der Waals surface area contributed by atoms with Crippen LogP contribution in [0.4, 0.5) is 5.13 Å². The van der Waals surface area contributed by atoms with E-state index in [4.69, 9.17) is 0 Å². The van der Waals surface area contributed by atoms with E-state index in [1.807, 2.05) is 0 Å². The number of nitrogens with one attached hydrogen (secondary N) is 1. The van der Waals surface area contributed by atoms with Crippen molar-refractivity contribution < 1.29 is 0 Å². The van der Waals surface area contributed by atoms with Gasteiger partial charge in [0.15, 0.2) is 0 Å². The van der Waals surface area contributed by atoms with Gasteiger partial charge >= 0.3 is 0 Å². The van der Waals surface area contributed by atoms with Crippen LogP contribution in [-0.2, 0) is 0 Å². The van der Waals surface area contributed by atoms with Gasteiger partial charge in [0.2, 0.25) is 5.13 Å². The fourth-order valence-corrected chi connectivity index (χ4v) is 2.17. The topological polar surface area (TPSA) is 41.1 Å². The Bertz CT molecular complexity index is 270. The molecule has 0 aromatic carbocycles. The Kier molecular flexibility index (Phi) is 2.21. The molecule has 1 N–H and O–H groups in total. The molecule has 1 saturated heterocycles. The molecular weight excluding hydrogens is 184 g/mol. The first-order chi connectivity index (χ1) is 6.17. The molecule has 1 aromatic rings. The van der Waals surface area contributed by atoms with E-state index >= 15 is 0 Å². The van der Waals surface area contributed by atoms with Gasteiger partial charge in [0.1, 0.15) is 6.33 Å². The largest absolute Gasteiger partial charge is 0.344 e. The number of hydrogen-bond donors (Lipinski definition) is 1. The van der Waals surface area contributed by atoms with Crippen molar-refractivity contribution in [2.24, 2.45) is 0 Å². The first-order valence-corrected chi connectivity index (χ1v) is 5.21. The molecule has 2 rings (SSSR count). The second-order valence-electron chi connectivity index (χ2n) is 3.96. The Morgan fingerprint density at radius 1 is 1.62 bits per heavy atom. The van der Waals surface area contributed by atoms with Crippen LogP contribution in [0, 0.1) is 0 Å². The van der Waals surface area contributed by atoms with Gasteiger partial charge < -0.3 is 10.2 Å². The van der Waals surface area contributed by atoms with Crippen LogP contribution in [0.1, 0.15) is 13.8 Å². The summed E-state index contributed by atoms with van der Waals surface area (Å²) >= 11 is 1.47. The molecule has 0 radical (unpaired) electrons. The normalized spacial score (nSPS) is 21.8. The van der Waals surface area contributed by atoms with Crippen LogP contribution in [-0.4, -0.2) is 34.5 Å². The molecule has 1 aliphatic rings. The highest BCUT2D eigenvalue weighted by atomic mass is 32.1. The van der Waals surface area contributed by atoms with Gasteiger partial charge in [-0.05, 0) is 13.8 Å². The average molecular weight is 198 g/mol. The van der Waals surface area contributed by atoms with E-state index in [0.29, 0.717) is 0 Å². The molecule has 0 atom stereocenters. The van der Waals surface area contributed by atoms with Crippen LogP contribution >= 0.6 is 11.5 Å². The van der Waals surface area contributed by atoms with Gasteiger partial charge in [-0.25, -0.2) is 4.98 Å². The Hall–Kier alpha value is -0.680. The van der Waals surface area contributed by atoms with Crippen LogP contribution in [0.2, 0.25) is 0 Å². The van der Waals surface area contributed by atoms with E-state index in [0.717, 1.165) is 24.8 Å². The molecule has 0 bridgehead atoms. The fraction of sp³-hybridized carbons (Fsp3) is 0.750. The molecule has 5 heteroatoms. The number of rotatable bonds is 1. The molecule has 0 saturated carbocycles. The van der Waals surface area contributed by atoms with E-state index in [-0.39, 0.29) is 5.54 Å². The predicted molar refractivity (Wildman–Crippen MR) is 54.2 cm³/mol. The minimum Gasteiger partial charge on any atom is -0.344 e. The van der Waals surface area contributed by atoms with Crippen molar-refractivity contribution in [1.29, 1.82) is 0 Å². The predicted octanol–water partition coefficient (Wildman–Crippen LogP) is 0.726. The summed E-state index contributed by atoms with van der Waals surface area (Å²) in [5.41, 5.74) is 0.184. The van der Waals surface area contributed by atoms with E-state index in [9.17, 15) is 0 Å². The van der Waals surface area contributed by atoms with Gasteiger partial charge in [-0.15, -0.1) is 0 Å². The highest BCUT2D eigenvalue weighted by Gasteiger charge is 2.26. The minimum absolute atomic E-state index is 0.184. The van der Waals surface area contributed by atoms with Crippen molar-refractivity contribution in [3.63, 3.8) is 0 Å². The van der Waals surface area contributed by atoms with E-state index < -0.39 is 0 Å². The maximum Gasteiger partial charge on any atom is 0.205 e. The van der Waals surface area contributed by atoms with Crippen LogP contribution < -0.4 is 10.2 Å². The summed E-state index contributed by atoms with van der Waals surface area (Å²) in [7, 11) is 0. The number of nitrogens with zero attached hydrogens (tertiary/aromatic N) is 3. The maximum absolute atomic E-state index is 4.21. The monoisotopic (exact) mass is 198 g/mol. The standard InChI is InChI=1S/C8H14N4S/c1-8(2)5-12(4-3-10-8)7-9-6-11-13-7/h6,10H,3-5H2,1-2H3. The molecule has 2 heterocycles. The average Bonchev–Trinajstić information content (AvgIpc) is 2.53. The quantitative estimate of drug-likeness (QED) is 0.722. The molecule has 0 unspecified atom stereocenters. The van der Waals surface area contributed by atoms with Crippen molar-refractivity contribution in [2.45, 2.75) is 19.4 Å². The van der Waals surface area contributed by atoms with Gasteiger partial charge in [-0.3, -0.25) is 0 Å². The van der Waals surface area contributed by atoms with E-state index in [1.165, 1.54) is 11.5 Å². The Morgan fingerprint density at radius 2 is 2.46 bits per heavy atom. The van der Waals surface area contributed by atoms with Crippen molar-refractivity contribution in [2.75, 3.05) is 24.5 Å². The highest BCUT2D eigenvalue weighted by Crippen LogP contribution is 2.19. The molecule has 0 spiro atoms. The maximum atomic E-state index is 4.21. The van der Waals surface area contributed by atoms with Crippen molar-refractivity contribution in [1.82, 2.24) is 14.7 Å². The summed E-state index contributed by atoms with van der Waals surface area (Å²) in [4.78, 5) is 6.50. The van der Waals surface area contributed by atoms with Crippen molar-refractivity contribution in [3.8, 4) is 0 Å². The third kappa shape index (κ3) is 1.97. The van der Waals surface area contributed by atoms with Gasteiger partial charge in [0, 0.05) is 36.7 Å². The van der Waals surface area contributed by atoms with E-state index in [2.05, 4.69) is 33.4 Å². The Morgan fingerprint density at radius 3 is 3.08 bits per heavy atom. The Labute approximate surface area is 82.1 Å². The van der Waals surface area contributed by atoms with E-state index in [1.54, 1.807) is 6.33 Å². The Balaban J connectivity index is 2.09. The second-order valence-corrected chi connectivity index (χ2v) is 4.71. The molecule has 1 aliphatic heterocycles. The first kappa shape index (κ1) is 8.90. The molecule has 1 fully saturated rings. The summed E-state index contributed by atoms with van der Waals surface area (Å²) < 4.78 is 4.01. The second kappa shape index (κ2) is 3.23. The zero-order chi connectivity index (χ0) is 9.31. The highest BCUT2D eigenvalue weighted by molar-refractivity contribution is 7.09. The summed E-state index contributed by atoms with van der Waals surface area (Å²) in [5, 5.41) is 4.50. The minimum atomic E-state index is 0.184. The van der Waals surface area contributed by atoms with Crippen molar-refractivity contribution >= 4 is 16.7 Å². The zero-order valence-corrected chi connectivity index (χ0v) is 8.77. The number of hydrogen-bond acceptors (Lipinski definition) is 5. The molecule has 13 heavy (non-hydrogen) atoms. The summed E-state index contributed by atoms with van der Waals surface area (Å²) in [6.07, 6.45) is 1.62. The zero-order valence-electron chi connectivity index (χ0n) is 7.95. The fourth-order valence-electron chi connectivity index (χ4n) is 1.61. The van der Waals surface area contributed by atoms with Crippen LogP contribution in [0.25, 0.3) is 0 Å². The molecule has 4 nitrogen and oxygen atoms in total. The van der Waals surface area contributed by atoms with Gasteiger partial charge in [0.05, 0.1) is 0 Å². The lowest BCUT2D eigenvalue weighted by molar-refractivity contribution is 0.353. The smallest absolute Gasteiger partial charge is 0.205 e. The molecule has 72 valence electrons. The third-order valence-corrected chi connectivity index (χ3v) is 2.92. The van der Waals surface area contributed by atoms with Crippen LogP contribution in [0.15, 0.2) is 6.33 Å². The van der Waals surface area contributed by atoms with Gasteiger partial charge in [-0.1, -0.05) is 0 Å². The summed E-state index contributed by atoms with van der Waals surface area (Å²) in [6, 6.07) is 0. The lowest BCUT2D eigenvalue weighted by Crippen LogP contribution is -2.57. The van der Waals surface area contributed by atoms with Gasteiger partial charge in [0.25, 0.3) is 0 Å². The molecule has 1 aromatic heterocycles. The lowest BCUT2D eigenvalue weighted by Gasteiger charge is -2.38. The summed E-state index contributed by atoms with van der Waals surface area (Å²) in [6.45, 7) is 7.47. The number of aromatic nitrogens is 2. The molecular formula is C8H14N4S. The van der Waals surface area contributed by atoms with Gasteiger partial charge in [-0.2, -0.15) is 4.37 Å². The van der Waals surface area contributed by atoms with Crippen molar-refractivity contribution in [3.05, 3.63) is 6.33 Å². The number of piperazine rings is 1. The summed E-state index contributed by atoms with van der Waals surface area (Å²) in [5.74, 6) is 0. The SMILES string of the molecule is CC1(C)CN(c2ncns2)CCN1. The van der Waals surface area contributed by atoms with Crippen LogP contribution in [0.5, 0.6) is 0 Å². The molecule has 0 amide bonds. The first-order valence-electron chi connectivity index (χ1n) is 4.44. The lowest BCUT2D eigenvalue weighted by atomic mass is 10.0. The number of anilines is 1.